The van der Waals surface area contributed by atoms with Crippen LogP contribution in [0.4, 0.5) is 5.69 Å². The number of rotatable bonds is 3. The van der Waals surface area contributed by atoms with E-state index in [9.17, 15) is 9.90 Å². The van der Waals surface area contributed by atoms with Crippen molar-refractivity contribution in [1.29, 1.82) is 0 Å². The van der Waals surface area contributed by atoms with E-state index in [1.165, 1.54) is 12.1 Å². The van der Waals surface area contributed by atoms with Crippen LogP contribution in [0.15, 0.2) is 40.9 Å². The number of halogens is 2. The molecule has 0 bridgehead atoms. The molecule has 6 heteroatoms. The summed E-state index contributed by atoms with van der Waals surface area (Å²) in [6.45, 7) is 0. The summed E-state index contributed by atoms with van der Waals surface area (Å²) < 4.78 is 5.79. The number of aromatic hydroxyl groups is 1. The summed E-state index contributed by atoms with van der Waals surface area (Å²) in [6.07, 6.45) is 0. The van der Waals surface area contributed by atoms with Crippen molar-refractivity contribution in [3.63, 3.8) is 0 Å². The van der Waals surface area contributed by atoms with Gasteiger partial charge in [0.2, 0.25) is 0 Å². The summed E-state index contributed by atoms with van der Waals surface area (Å²) in [5.74, 6) is 0.334. The van der Waals surface area contributed by atoms with Gasteiger partial charge >= 0.3 is 0 Å². The van der Waals surface area contributed by atoms with Crippen molar-refractivity contribution in [1.82, 2.24) is 0 Å². The van der Waals surface area contributed by atoms with Crippen LogP contribution in [-0.4, -0.2) is 18.1 Å². The summed E-state index contributed by atoms with van der Waals surface area (Å²) in [5, 5.41) is 12.2. The van der Waals surface area contributed by atoms with Crippen molar-refractivity contribution in [3.05, 3.63) is 51.5 Å². The molecule has 0 aliphatic rings. The number of phenolic OH excluding ortho intramolecular Hbond substituents is 1. The smallest absolute Gasteiger partial charge is 0.255 e. The van der Waals surface area contributed by atoms with Gasteiger partial charge in [-0.25, -0.2) is 0 Å². The van der Waals surface area contributed by atoms with E-state index < -0.39 is 0 Å². The van der Waals surface area contributed by atoms with Gasteiger partial charge in [0, 0.05) is 11.3 Å². The molecule has 2 N–H and O–H groups in total. The molecule has 0 unspecified atom stereocenters. The molecule has 0 aliphatic carbocycles. The molecule has 104 valence electrons. The molecule has 0 aromatic heterocycles. The number of phenols is 1. The van der Waals surface area contributed by atoms with Gasteiger partial charge in [-0.15, -0.1) is 0 Å². The van der Waals surface area contributed by atoms with Crippen LogP contribution in [0.5, 0.6) is 11.5 Å². The zero-order chi connectivity index (χ0) is 14.7. The highest BCUT2D eigenvalue weighted by Crippen LogP contribution is 2.28. The third kappa shape index (κ3) is 3.23. The molecule has 20 heavy (non-hydrogen) atoms. The molecular formula is C14H11BrClNO3. The number of amides is 1. The second-order valence-corrected chi connectivity index (χ2v) is 5.23. The number of nitrogens with one attached hydrogen (secondary N) is 1. The van der Waals surface area contributed by atoms with E-state index >= 15 is 0 Å². The topological polar surface area (TPSA) is 58.6 Å². The van der Waals surface area contributed by atoms with Gasteiger partial charge in [0.15, 0.2) is 0 Å². The van der Waals surface area contributed by atoms with Crippen LogP contribution in [0.1, 0.15) is 10.4 Å². The Balaban J connectivity index is 2.19. The number of ether oxygens (including phenoxy) is 1. The number of carbonyl (C=O) groups excluding carboxylic acids is 1. The second kappa shape index (κ2) is 6.15. The second-order valence-electron chi connectivity index (χ2n) is 3.97. The number of hydrogen-bond acceptors (Lipinski definition) is 3. The van der Waals surface area contributed by atoms with Crippen molar-refractivity contribution in [2.75, 3.05) is 12.4 Å². The van der Waals surface area contributed by atoms with E-state index in [1.807, 2.05) is 0 Å². The van der Waals surface area contributed by atoms with E-state index in [1.54, 1.807) is 31.4 Å². The lowest BCUT2D eigenvalue weighted by Gasteiger charge is -2.08. The Hall–Kier alpha value is -1.72. The van der Waals surface area contributed by atoms with Crippen LogP contribution in [0.3, 0.4) is 0 Å². The minimum Gasteiger partial charge on any atom is -0.506 e. The Kier molecular flexibility index (Phi) is 4.52. The molecule has 0 radical (unpaired) electrons. The molecule has 2 aromatic carbocycles. The summed E-state index contributed by atoms with van der Waals surface area (Å²) >= 11 is 9.11. The first-order chi connectivity index (χ1) is 9.51. The average molecular weight is 357 g/mol. The summed E-state index contributed by atoms with van der Waals surface area (Å²) in [5.41, 5.74) is 0.978. The third-order valence-corrected chi connectivity index (χ3v) is 3.54. The van der Waals surface area contributed by atoms with Crippen molar-refractivity contribution in [2.24, 2.45) is 0 Å². The van der Waals surface area contributed by atoms with E-state index in [2.05, 4.69) is 21.2 Å². The van der Waals surface area contributed by atoms with Crippen molar-refractivity contribution in [3.8, 4) is 11.5 Å². The van der Waals surface area contributed by atoms with Crippen LogP contribution in [0.25, 0.3) is 0 Å². The maximum absolute atomic E-state index is 12.1. The number of anilines is 1. The van der Waals surface area contributed by atoms with Gasteiger partial charge in [0.25, 0.3) is 5.91 Å². The summed E-state index contributed by atoms with van der Waals surface area (Å²) in [7, 11) is 1.55. The molecule has 2 rings (SSSR count). The van der Waals surface area contributed by atoms with E-state index in [-0.39, 0.29) is 16.7 Å². The number of methoxy groups -OCH3 is 1. The van der Waals surface area contributed by atoms with Crippen LogP contribution < -0.4 is 10.1 Å². The molecule has 0 heterocycles. The van der Waals surface area contributed by atoms with Crippen LogP contribution in [0.2, 0.25) is 5.02 Å². The summed E-state index contributed by atoms with van der Waals surface area (Å²) in [6, 6.07) is 9.48. The normalized spacial score (nSPS) is 10.2. The molecule has 0 fully saturated rings. The fourth-order valence-corrected chi connectivity index (χ4v) is 2.32. The van der Waals surface area contributed by atoms with Gasteiger partial charge < -0.3 is 15.2 Å². The minimum absolute atomic E-state index is 0.0307. The minimum atomic E-state index is -0.282. The highest BCUT2D eigenvalue weighted by atomic mass is 79.9. The molecule has 4 nitrogen and oxygen atoms in total. The van der Waals surface area contributed by atoms with Crippen molar-refractivity contribution in [2.45, 2.75) is 0 Å². The Morgan fingerprint density at radius 2 is 2.05 bits per heavy atom. The number of hydrogen-bond donors (Lipinski definition) is 2. The lowest BCUT2D eigenvalue weighted by Crippen LogP contribution is -2.11. The molecule has 0 spiro atoms. The lowest BCUT2D eigenvalue weighted by atomic mass is 10.2. The maximum Gasteiger partial charge on any atom is 0.255 e. The number of benzene rings is 2. The first kappa shape index (κ1) is 14.7. The van der Waals surface area contributed by atoms with E-state index in [0.29, 0.717) is 21.5 Å². The van der Waals surface area contributed by atoms with Crippen LogP contribution in [0, 0.1) is 0 Å². The zero-order valence-electron chi connectivity index (χ0n) is 10.5. The largest absolute Gasteiger partial charge is 0.506 e. The molecule has 1 amide bonds. The van der Waals surface area contributed by atoms with Crippen LogP contribution in [-0.2, 0) is 0 Å². The van der Waals surface area contributed by atoms with Gasteiger partial charge in [-0.1, -0.05) is 11.6 Å². The molecule has 2 aromatic rings. The highest BCUT2D eigenvalue weighted by Gasteiger charge is 2.10. The van der Waals surface area contributed by atoms with Gasteiger partial charge in [-0.2, -0.15) is 0 Å². The molecular weight excluding hydrogens is 346 g/mol. The van der Waals surface area contributed by atoms with Gasteiger partial charge in [0.05, 0.1) is 16.6 Å². The molecule has 0 saturated carbocycles. The zero-order valence-corrected chi connectivity index (χ0v) is 12.8. The molecule has 0 aliphatic heterocycles. The fraction of sp³-hybridized carbons (Fsp3) is 0.0714. The Morgan fingerprint density at radius 3 is 2.65 bits per heavy atom. The Bertz CT molecular complexity index is 661. The molecule has 0 saturated heterocycles. The Labute approximate surface area is 129 Å². The maximum atomic E-state index is 12.1. The quantitative estimate of drug-likeness (QED) is 0.815. The highest BCUT2D eigenvalue weighted by molar-refractivity contribution is 9.10. The first-order valence-electron chi connectivity index (χ1n) is 5.64. The third-order valence-electron chi connectivity index (χ3n) is 2.62. The predicted octanol–water partition coefficient (Wildman–Crippen LogP) is 4.07. The number of carbonyl (C=O) groups is 1. The first-order valence-corrected chi connectivity index (χ1v) is 6.82. The summed E-state index contributed by atoms with van der Waals surface area (Å²) in [4.78, 5) is 12.1. The Morgan fingerprint density at radius 1 is 1.30 bits per heavy atom. The van der Waals surface area contributed by atoms with E-state index in [0.717, 1.165) is 0 Å². The van der Waals surface area contributed by atoms with Gasteiger partial charge in [-0.05, 0) is 52.3 Å². The van der Waals surface area contributed by atoms with Crippen molar-refractivity contribution >= 4 is 39.1 Å². The predicted molar refractivity (Wildman–Crippen MR) is 81.8 cm³/mol. The van der Waals surface area contributed by atoms with Crippen molar-refractivity contribution < 1.29 is 14.6 Å². The monoisotopic (exact) mass is 355 g/mol. The SMILES string of the molecule is COc1ccc(C(=O)Nc2ccc(O)c(Cl)c2)cc1Br. The molecule has 0 atom stereocenters. The van der Waals surface area contributed by atoms with Crippen LogP contribution >= 0.6 is 27.5 Å². The lowest BCUT2D eigenvalue weighted by molar-refractivity contribution is 0.102. The fourth-order valence-electron chi connectivity index (χ4n) is 1.60. The van der Waals surface area contributed by atoms with Gasteiger partial charge in [-0.3, -0.25) is 4.79 Å². The van der Waals surface area contributed by atoms with E-state index in [4.69, 9.17) is 16.3 Å². The average Bonchev–Trinajstić information content (AvgIpc) is 2.42. The standard InChI is InChI=1S/C14H11BrClNO3/c1-20-13-5-2-8(6-10(13)15)14(19)17-9-3-4-12(18)11(16)7-9/h2-7,18H,1H3,(H,17,19). The van der Waals surface area contributed by atoms with Gasteiger partial charge in [0.1, 0.15) is 11.5 Å².